The zero-order valence-electron chi connectivity index (χ0n) is 10.9. The van der Waals surface area contributed by atoms with Crippen molar-refractivity contribution in [2.45, 2.75) is 26.3 Å². The number of aryl methyl sites for hydroxylation is 1. The lowest BCUT2D eigenvalue weighted by Gasteiger charge is -2.15. The molecule has 0 aromatic carbocycles. The highest BCUT2D eigenvalue weighted by Gasteiger charge is 2.24. The fourth-order valence-electron chi connectivity index (χ4n) is 1.85. The lowest BCUT2D eigenvalue weighted by Crippen LogP contribution is -2.15. The van der Waals surface area contributed by atoms with E-state index in [9.17, 15) is 10.1 Å². The van der Waals surface area contributed by atoms with Gasteiger partial charge in [-0.3, -0.25) is 10.1 Å². The molecular weight excluding hydrogens is 284 g/mol. The average molecular weight is 297 g/mol. The largest absolute Gasteiger partial charge is 0.354 e. The Balaban J connectivity index is 2.39. The molecule has 0 spiro atoms. The van der Waals surface area contributed by atoms with Gasteiger partial charge in [-0.1, -0.05) is 6.92 Å². The SMILES string of the molecule is CCC(Nc1nc(Cl)nc(C)c1[N+](=O)[O-])c1ncc[nH]1. The maximum absolute atomic E-state index is 11.1. The summed E-state index contributed by atoms with van der Waals surface area (Å²) in [5, 5.41) is 14.1. The summed E-state index contributed by atoms with van der Waals surface area (Å²) in [6.45, 7) is 3.45. The number of rotatable bonds is 5. The molecule has 9 heteroatoms. The summed E-state index contributed by atoms with van der Waals surface area (Å²) in [5.74, 6) is 0.768. The Kier molecular flexibility index (Phi) is 4.14. The van der Waals surface area contributed by atoms with Crippen molar-refractivity contribution in [3.05, 3.63) is 39.3 Å². The molecule has 2 N–H and O–H groups in total. The van der Waals surface area contributed by atoms with E-state index in [0.29, 0.717) is 12.2 Å². The molecule has 0 aliphatic rings. The minimum atomic E-state index is -0.525. The van der Waals surface area contributed by atoms with Crippen molar-refractivity contribution >= 4 is 23.1 Å². The quantitative estimate of drug-likeness (QED) is 0.498. The van der Waals surface area contributed by atoms with Gasteiger partial charge in [0.05, 0.1) is 11.0 Å². The summed E-state index contributed by atoms with van der Waals surface area (Å²) in [4.78, 5) is 25.4. The third-order valence-corrected chi connectivity index (χ3v) is 2.95. The van der Waals surface area contributed by atoms with E-state index >= 15 is 0 Å². The van der Waals surface area contributed by atoms with Crippen LogP contribution in [0.3, 0.4) is 0 Å². The van der Waals surface area contributed by atoms with Gasteiger partial charge in [-0.25, -0.2) is 9.97 Å². The standard InChI is InChI=1S/C11H13ClN6O2/c1-3-7(9-13-4-5-14-9)16-10-8(18(19)20)6(2)15-11(12)17-10/h4-5,7H,3H2,1-2H3,(H,13,14)(H,15,16,17). The van der Waals surface area contributed by atoms with Crippen LogP contribution in [-0.2, 0) is 0 Å². The molecule has 0 aliphatic carbocycles. The smallest absolute Gasteiger partial charge is 0.332 e. The summed E-state index contributed by atoms with van der Waals surface area (Å²) < 4.78 is 0. The first-order valence-corrected chi connectivity index (χ1v) is 6.35. The van der Waals surface area contributed by atoms with Crippen LogP contribution in [0.15, 0.2) is 12.4 Å². The van der Waals surface area contributed by atoms with Crippen molar-refractivity contribution < 1.29 is 4.92 Å². The van der Waals surface area contributed by atoms with E-state index < -0.39 is 4.92 Å². The fourth-order valence-corrected chi connectivity index (χ4v) is 2.06. The van der Waals surface area contributed by atoms with Gasteiger partial charge in [-0.2, -0.15) is 4.98 Å². The molecule has 2 rings (SSSR count). The number of aromatic nitrogens is 4. The first-order valence-electron chi connectivity index (χ1n) is 5.97. The second-order valence-corrected chi connectivity index (χ2v) is 4.45. The molecule has 0 saturated carbocycles. The molecule has 106 valence electrons. The van der Waals surface area contributed by atoms with E-state index in [2.05, 4.69) is 25.3 Å². The Morgan fingerprint density at radius 2 is 2.30 bits per heavy atom. The van der Waals surface area contributed by atoms with Gasteiger partial charge in [0.25, 0.3) is 0 Å². The number of anilines is 1. The topological polar surface area (TPSA) is 110 Å². The van der Waals surface area contributed by atoms with Gasteiger partial charge in [0, 0.05) is 12.4 Å². The van der Waals surface area contributed by atoms with E-state index in [-0.39, 0.29) is 28.5 Å². The molecule has 0 bridgehead atoms. The van der Waals surface area contributed by atoms with Crippen LogP contribution in [0.1, 0.15) is 30.9 Å². The zero-order valence-corrected chi connectivity index (χ0v) is 11.7. The third kappa shape index (κ3) is 2.85. The minimum absolute atomic E-state index is 0.0371. The van der Waals surface area contributed by atoms with Gasteiger partial charge >= 0.3 is 5.69 Å². The number of imidazole rings is 1. The highest BCUT2D eigenvalue weighted by Crippen LogP contribution is 2.29. The molecule has 20 heavy (non-hydrogen) atoms. The van der Waals surface area contributed by atoms with E-state index in [0.717, 1.165) is 0 Å². The minimum Gasteiger partial charge on any atom is -0.354 e. The van der Waals surface area contributed by atoms with E-state index in [1.807, 2.05) is 6.92 Å². The predicted octanol–water partition coefficient (Wildman–Crippen LogP) is 2.63. The van der Waals surface area contributed by atoms with Gasteiger partial charge in [0.15, 0.2) is 0 Å². The van der Waals surface area contributed by atoms with Gasteiger partial charge in [-0.15, -0.1) is 0 Å². The van der Waals surface area contributed by atoms with Crippen LogP contribution in [0.25, 0.3) is 0 Å². The maximum Gasteiger partial charge on any atom is 0.332 e. The van der Waals surface area contributed by atoms with Gasteiger partial charge < -0.3 is 10.3 Å². The van der Waals surface area contributed by atoms with E-state index in [4.69, 9.17) is 11.6 Å². The number of nitrogens with one attached hydrogen (secondary N) is 2. The van der Waals surface area contributed by atoms with Crippen molar-refractivity contribution in [3.8, 4) is 0 Å². The Labute approximate surface area is 119 Å². The number of halogens is 1. The van der Waals surface area contributed by atoms with Crippen molar-refractivity contribution in [2.24, 2.45) is 0 Å². The Morgan fingerprint density at radius 3 is 2.85 bits per heavy atom. The number of nitrogens with zero attached hydrogens (tertiary/aromatic N) is 4. The zero-order chi connectivity index (χ0) is 14.7. The second-order valence-electron chi connectivity index (χ2n) is 4.11. The van der Waals surface area contributed by atoms with Crippen molar-refractivity contribution in [1.29, 1.82) is 0 Å². The summed E-state index contributed by atoms with van der Waals surface area (Å²) in [6, 6.07) is -0.228. The van der Waals surface area contributed by atoms with Crippen LogP contribution in [-0.4, -0.2) is 24.9 Å². The molecule has 0 fully saturated rings. The summed E-state index contributed by atoms with van der Waals surface area (Å²) in [7, 11) is 0. The van der Waals surface area contributed by atoms with Gasteiger partial charge in [-0.05, 0) is 24.9 Å². The monoisotopic (exact) mass is 296 g/mol. The molecule has 1 atom stereocenters. The molecular formula is C11H13ClN6O2. The predicted molar refractivity (Wildman–Crippen MR) is 73.7 cm³/mol. The molecule has 0 amide bonds. The lowest BCUT2D eigenvalue weighted by molar-refractivity contribution is -0.385. The van der Waals surface area contributed by atoms with Crippen LogP contribution >= 0.6 is 11.6 Å². The van der Waals surface area contributed by atoms with Crippen LogP contribution in [0.5, 0.6) is 0 Å². The van der Waals surface area contributed by atoms with Crippen LogP contribution < -0.4 is 5.32 Å². The van der Waals surface area contributed by atoms with Crippen LogP contribution in [0.4, 0.5) is 11.5 Å². The number of hydrogen-bond donors (Lipinski definition) is 2. The number of aromatic amines is 1. The summed E-state index contributed by atoms with van der Waals surface area (Å²) >= 11 is 5.77. The number of nitro groups is 1. The Hall–Kier alpha value is -2.22. The first kappa shape index (κ1) is 14.2. The number of hydrogen-bond acceptors (Lipinski definition) is 6. The number of H-pyrrole nitrogens is 1. The fraction of sp³-hybridized carbons (Fsp3) is 0.364. The average Bonchev–Trinajstić information content (AvgIpc) is 2.88. The van der Waals surface area contributed by atoms with E-state index in [1.165, 1.54) is 6.92 Å². The lowest BCUT2D eigenvalue weighted by atomic mass is 10.2. The molecule has 8 nitrogen and oxygen atoms in total. The molecule has 1 unspecified atom stereocenters. The maximum atomic E-state index is 11.1. The summed E-state index contributed by atoms with van der Waals surface area (Å²) in [5.41, 5.74) is 0.0335. The van der Waals surface area contributed by atoms with Crippen LogP contribution in [0, 0.1) is 17.0 Å². The van der Waals surface area contributed by atoms with Crippen molar-refractivity contribution in [3.63, 3.8) is 0 Å². The van der Waals surface area contributed by atoms with Crippen molar-refractivity contribution in [1.82, 2.24) is 19.9 Å². The molecule has 2 heterocycles. The highest BCUT2D eigenvalue weighted by molar-refractivity contribution is 6.28. The third-order valence-electron chi connectivity index (χ3n) is 2.78. The van der Waals surface area contributed by atoms with Gasteiger partial charge in [0.2, 0.25) is 11.1 Å². The van der Waals surface area contributed by atoms with Gasteiger partial charge in [0.1, 0.15) is 11.5 Å². The highest BCUT2D eigenvalue weighted by atomic mass is 35.5. The van der Waals surface area contributed by atoms with Crippen LogP contribution in [0.2, 0.25) is 5.28 Å². The first-order chi connectivity index (χ1) is 9.52. The summed E-state index contributed by atoms with van der Waals surface area (Å²) in [6.07, 6.45) is 3.98. The van der Waals surface area contributed by atoms with E-state index in [1.54, 1.807) is 12.4 Å². The van der Waals surface area contributed by atoms with Crippen molar-refractivity contribution in [2.75, 3.05) is 5.32 Å². The normalized spacial score (nSPS) is 12.2. The molecule has 0 saturated heterocycles. The second kappa shape index (κ2) is 5.83. The Bertz CT molecular complexity index is 616. The molecule has 0 aliphatic heterocycles. The molecule has 2 aromatic rings. The molecule has 0 radical (unpaired) electrons. The molecule has 2 aromatic heterocycles. The Morgan fingerprint density at radius 1 is 1.55 bits per heavy atom.